The number of hydrogen-bond donors (Lipinski definition) is 3. The van der Waals surface area contributed by atoms with Gasteiger partial charge in [0.05, 0.1) is 11.5 Å². The van der Waals surface area contributed by atoms with Crippen LogP contribution in [0, 0.1) is 11.8 Å². The lowest BCUT2D eigenvalue weighted by Crippen LogP contribution is -2.33. The minimum absolute atomic E-state index is 0.0562. The molecule has 19 heavy (non-hydrogen) atoms. The van der Waals surface area contributed by atoms with E-state index in [1.54, 1.807) is 12.1 Å². The fraction of sp³-hybridized carbons (Fsp3) is 0.429. The van der Waals surface area contributed by atoms with Crippen LogP contribution in [0.5, 0.6) is 5.75 Å². The number of para-hydroxylation sites is 1. The predicted molar refractivity (Wildman–Crippen MR) is 71.0 cm³/mol. The Bertz CT molecular complexity index is 457. The summed E-state index contributed by atoms with van der Waals surface area (Å²) in [7, 11) is 0. The number of phenols is 1. The molecule has 3 N–H and O–H groups in total. The second-order valence-electron chi connectivity index (χ2n) is 4.89. The van der Waals surface area contributed by atoms with Crippen LogP contribution >= 0.6 is 0 Å². The number of carbonyl (C=O) groups excluding carboxylic acids is 1. The molecule has 0 bridgehead atoms. The van der Waals surface area contributed by atoms with Gasteiger partial charge in [-0.15, -0.1) is 0 Å². The summed E-state index contributed by atoms with van der Waals surface area (Å²) in [5.74, 6) is -1.88. The third-order valence-electron chi connectivity index (χ3n) is 2.76. The van der Waals surface area contributed by atoms with E-state index >= 15 is 0 Å². The normalized spacial score (nSPS) is 12.2. The van der Waals surface area contributed by atoms with E-state index in [2.05, 4.69) is 5.32 Å². The van der Waals surface area contributed by atoms with Crippen LogP contribution in [0.1, 0.15) is 30.6 Å². The van der Waals surface area contributed by atoms with Gasteiger partial charge in [-0.3, -0.25) is 9.59 Å². The molecule has 0 saturated heterocycles. The van der Waals surface area contributed by atoms with E-state index in [1.807, 2.05) is 13.8 Å². The van der Waals surface area contributed by atoms with Crippen LogP contribution in [-0.2, 0) is 4.79 Å². The number of aliphatic carboxylic acids is 1. The summed E-state index contributed by atoms with van der Waals surface area (Å²) < 4.78 is 0. The van der Waals surface area contributed by atoms with Gasteiger partial charge in [-0.1, -0.05) is 26.0 Å². The van der Waals surface area contributed by atoms with Gasteiger partial charge in [-0.2, -0.15) is 0 Å². The van der Waals surface area contributed by atoms with Crippen molar-refractivity contribution in [3.63, 3.8) is 0 Å². The summed E-state index contributed by atoms with van der Waals surface area (Å²) in [5, 5.41) is 21.1. The van der Waals surface area contributed by atoms with Gasteiger partial charge in [-0.05, 0) is 24.5 Å². The molecule has 0 radical (unpaired) electrons. The van der Waals surface area contributed by atoms with Gasteiger partial charge in [-0.25, -0.2) is 0 Å². The second-order valence-corrected chi connectivity index (χ2v) is 4.89. The third-order valence-corrected chi connectivity index (χ3v) is 2.76. The lowest BCUT2D eigenvalue weighted by Gasteiger charge is -2.15. The Morgan fingerprint density at radius 1 is 1.26 bits per heavy atom. The lowest BCUT2D eigenvalue weighted by atomic mass is 9.97. The Kier molecular flexibility index (Phi) is 5.36. The molecule has 1 aromatic rings. The molecule has 1 unspecified atom stereocenters. The van der Waals surface area contributed by atoms with Crippen molar-refractivity contribution in [1.29, 1.82) is 0 Å². The van der Waals surface area contributed by atoms with Gasteiger partial charge in [0.2, 0.25) is 0 Å². The molecule has 0 aliphatic carbocycles. The van der Waals surface area contributed by atoms with Crippen molar-refractivity contribution < 1.29 is 19.8 Å². The van der Waals surface area contributed by atoms with Gasteiger partial charge in [0.1, 0.15) is 5.75 Å². The van der Waals surface area contributed by atoms with E-state index in [1.165, 1.54) is 12.1 Å². The lowest BCUT2D eigenvalue weighted by molar-refractivity contribution is -0.142. The number of phenolic OH excluding ortho intramolecular Hbond substituents is 1. The van der Waals surface area contributed by atoms with Crippen molar-refractivity contribution in [2.45, 2.75) is 20.3 Å². The van der Waals surface area contributed by atoms with Crippen LogP contribution in [0.25, 0.3) is 0 Å². The summed E-state index contributed by atoms with van der Waals surface area (Å²) in [6.45, 7) is 3.92. The highest BCUT2D eigenvalue weighted by atomic mass is 16.4. The van der Waals surface area contributed by atoms with E-state index < -0.39 is 17.8 Å². The zero-order valence-electron chi connectivity index (χ0n) is 11.1. The van der Waals surface area contributed by atoms with Crippen molar-refractivity contribution in [1.82, 2.24) is 5.32 Å². The molecule has 1 rings (SSSR count). The van der Waals surface area contributed by atoms with E-state index in [0.29, 0.717) is 6.42 Å². The first-order valence-electron chi connectivity index (χ1n) is 6.20. The third kappa shape index (κ3) is 4.62. The summed E-state index contributed by atoms with van der Waals surface area (Å²) in [4.78, 5) is 22.9. The van der Waals surface area contributed by atoms with Crippen LogP contribution in [0.15, 0.2) is 24.3 Å². The van der Waals surface area contributed by atoms with Crippen LogP contribution in [-0.4, -0.2) is 28.6 Å². The van der Waals surface area contributed by atoms with Gasteiger partial charge < -0.3 is 15.5 Å². The summed E-state index contributed by atoms with van der Waals surface area (Å²) >= 11 is 0. The van der Waals surface area contributed by atoms with Crippen molar-refractivity contribution in [3.05, 3.63) is 29.8 Å². The first kappa shape index (κ1) is 15.0. The van der Waals surface area contributed by atoms with E-state index in [4.69, 9.17) is 5.11 Å². The molecule has 1 aromatic carbocycles. The van der Waals surface area contributed by atoms with Crippen LogP contribution in [0.2, 0.25) is 0 Å². The molecule has 5 nitrogen and oxygen atoms in total. The largest absolute Gasteiger partial charge is 0.507 e. The summed E-state index contributed by atoms with van der Waals surface area (Å²) in [5.41, 5.74) is 0.149. The number of rotatable bonds is 6. The van der Waals surface area contributed by atoms with Crippen molar-refractivity contribution in [3.8, 4) is 5.75 Å². The van der Waals surface area contributed by atoms with Gasteiger partial charge in [0.25, 0.3) is 5.91 Å². The maximum Gasteiger partial charge on any atom is 0.308 e. The summed E-state index contributed by atoms with van der Waals surface area (Å²) in [6, 6.07) is 6.16. The number of carboxylic acids is 1. The first-order chi connectivity index (χ1) is 8.91. The number of carbonyl (C=O) groups is 2. The number of aromatic hydroxyl groups is 1. The minimum Gasteiger partial charge on any atom is -0.507 e. The van der Waals surface area contributed by atoms with Gasteiger partial charge in [0, 0.05) is 6.54 Å². The van der Waals surface area contributed by atoms with Crippen LogP contribution < -0.4 is 5.32 Å². The molecule has 0 aromatic heterocycles. The number of hydrogen-bond acceptors (Lipinski definition) is 3. The highest BCUT2D eigenvalue weighted by molar-refractivity contribution is 5.96. The highest BCUT2D eigenvalue weighted by Gasteiger charge is 2.20. The molecule has 104 valence electrons. The van der Waals surface area contributed by atoms with Crippen molar-refractivity contribution in [2.24, 2.45) is 11.8 Å². The Morgan fingerprint density at radius 2 is 1.89 bits per heavy atom. The number of benzene rings is 1. The standard InChI is InChI=1S/C14H19NO4/c1-9(2)7-10(14(18)19)8-15-13(17)11-5-3-4-6-12(11)16/h3-6,9-10,16H,7-8H2,1-2H3,(H,15,17)(H,18,19). The molecule has 0 heterocycles. The fourth-order valence-electron chi connectivity index (χ4n) is 1.82. The van der Waals surface area contributed by atoms with E-state index in [-0.39, 0.29) is 23.8 Å². The van der Waals surface area contributed by atoms with Gasteiger partial charge >= 0.3 is 5.97 Å². The number of carboxylic acid groups (broad SMARTS) is 1. The minimum atomic E-state index is -0.925. The molecule has 0 fully saturated rings. The predicted octanol–water partition coefficient (Wildman–Crippen LogP) is 1.87. The number of nitrogens with one attached hydrogen (secondary N) is 1. The molecule has 0 saturated carbocycles. The average Bonchev–Trinajstić information content (AvgIpc) is 2.34. The van der Waals surface area contributed by atoms with Crippen molar-refractivity contribution in [2.75, 3.05) is 6.54 Å². The summed E-state index contributed by atoms with van der Waals surface area (Å²) in [6.07, 6.45) is 0.496. The molecule has 1 atom stereocenters. The maximum absolute atomic E-state index is 11.8. The monoisotopic (exact) mass is 265 g/mol. The Balaban J connectivity index is 2.62. The topological polar surface area (TPSA) is 86.6 Å². The zero-order chi connectivity index (χ0) is 14.4. The van der Waals surface area contributed by atoms with Crippen molar-refractivity contribution >= 4 is 11.9 Å². The second kappa shape index (κ2) is 6.78. The fourth-order valence-corrected chi connectivity index (χ4v) is 1.82. The Labute approximate surface area is 112 Å². The van der Waals surface area contributed by atoms with E-state index in [9.17, 15) is 14.7 Å². The Hall–Kier alpha value is -2.04. The molecule has 5 heteroatoms. The van der Waals surface area contributed by atoms with Gasteiger partial charge in [0.15, 0.2) is 0 Å². The maximum atomic E-state index is 11.8. The molecule has 0 aliphatic heterocycles. The highest BCUT2D eigenvalue weighted by Crippen LogP contribution is 2.16. The van der Waals surface area contributed by atoms with Crippen LogP contribution in [0.4, 0.5) is 0 Å². The number of amides is 1. The molecule has 0 aliphatic rings. The zero-order valence-corrected chi connectivity index (χ0v) is 11.1. The average molecular weight is 265 g/mol. The molecular weight excluding hydrogens is 246 g/mol. The van der Waals surface area contributed by atoms with E-state index in [0.717, 1.165) is 0 Å². The first-order valence-corrected chi connectivity index (χ1v) is 6.20. The molecular formula is C14H19NO4. The SMILES string of the molecule is CC(C)CC(CNC(=O)c1ccccc1O)C(=O)O. The molecule has 0 spiro atoms. The quantitative estimate of drug-likeness (QED) is 0.732. The Morgan fingerprint density at radius 3 is 2.42 bits per heavy atom. The smallest absolute Gasteiger partial charge is 0.308 e. The molecule has 1 amide bonds. The van der Waals surface area contributed by atoms with Crippen LogP contribution in [0.3, 0.4) is 0 Å².